The molecule has 3 heterocycles. The summed E-state index contributed by atoms with van der Waals surface area (Å²) in [6, 6.07) is 14.1. The number of nitrogens with zero attached hydrogens (tertiary/aromatic N) is 4. The summed E-state index contributed by atoms with van der Waals surface area (Å²) in [4.78, 5) is 20.2. The van der Waals surface area contributed by atoms with Crippen molar-refractivity contribution in [1.82, 2.24) is 19.9 Å². The summed E-state index contributed by atoms with van der Waals surface area (Å²) in [6.07, 6.45) is 3.06. The molecule has 2 aromatic carbocycles. The highest BCUT2D eigenvalue weighted by Crippen LogP contribution is 2.51. The third kappa shape index (κ3) is 3.74. The number of hydrogen-bond acceptors (Lipinski definition) is 6. The van der Waals surface area contributed by atoms with Crippen molar-refractivity contribution >= 4 is 63.8 Å². The Morgan fingerprint density at radius 1 is 1.00 bits per heavy atom. The minimum atomic E-state index is 0.0848. The van der Waals surface area contributed by atoms with E-state index in [4.69, 9.17) is 45.5 Å². The van der Waals surface area contributed by atoms with Gasteiger partial charge in [-0.25, -0.2) is 9.97 Å². The van der Waals surface area contributed by atoms with Crippen LogP contribution in [0, 0.1) is 5.41 Å². The Morgan fingerprint density at radius 3 is 2.59 bits per heavy atom. The largest absolute Gasteiger partial charge is 0.342 e. The number of nitrogens with one attached hydrogen (secondary N) is 1. The summed E-state index contributed by atoms with van der Waals surface area (Å²) in [5.41, 5.74) is 10.6. The Morgan fingerprint density at radius 2 is 1.79 bits per heavy atom. The van der Waals surface area contributed by atoms with Gasteiger partial charge in [-0.1, -0.05) is 76.9 Å². The first kappa shape index (κ1) is 22.4. The molecule has 0 bridgehead atoms. The molecular weight excluding hydrogens is 511 g/mol. The summed E-state index contributed by atoms with van der Waals surface area (Å²) >= 11 is 20.2. The van der Waals surface area contributed by atoms with Gasteiger partial charge in [0.25, 0.3) is 0 Å². The number of anilines is 1. The van der Waals surface area contributed by atoms with Crippen LogP contribution in [0.5, 0.6) is 0 Å². The summed E-state index contributed by atoms with van der Waals surface area (Å²) < 4.78 is 0. The molecule has 1 aliphatic carbocycles. The predicted octanol–water partition coefficient (Wildman–Crippen LogP) is 6.31. The van der Waals surface area contributed by atoms with Crippen LogP contribution in [0.3, 0.4) is 0 Å². The maximum Gasteiger partial charge on any atom is 0.206 e. The summed E-state index contributed by atoms with van der Waals surface area (Å²) in [5.74, 6) is 0.757. The summed E-state index contributed by atoms with van der Waals surface area (Å²) in [7, 11) is 0. The number of benzene rings is 2. The third-order valence-corrected chi connectivity index (χ3v) is 9.37. The monoisotopic (exact) mass is 530 g/mol. The van der Waals surface area contributed by atoms with Crippen molar-refractivity contribution in [2.75, 3.05) is 18.0 Å². The van der Waals surface area contributed by atoms with Gasteiger partial charge in [0.15, 0.2) is 16.4 Å². The van der Waals surface area contributed by atoms with Gasteiger partial charge in [-0.3, -0.25) is 0 Å². The normalized spacial score (nSPS) is 19.2. The Labute approximate surface area is 216 Å². The molecule has 3 N–H and O–H groups in total. The summed E-state index contributed by atoms with van der Waals surface area (Å²) in [5, 5.41) is 1.76. The van der Waals surface area contributed by atoms with E-state index < -0.39 is 0 Å². The van der Waals surface area contributed by atoms with Crippen molar-refractivity contribution in [3.05, 3.63) is 68.8 Å². The van der Waals surface area contributed by atoms with Gasteiger partial charge in [-0.2, -0.15) is 4.98 Å². The molecule has 0 radical (unpaired) electrons. The number of nitrogens with two attached hydrogens (primary N) is 1. The van der Waals surface area contributed by atoms with Crippen molar-refractivity contribution in [2.24, 2.45) is 11.1 Å². The second kappa shape index (κ2) is 8.57. The Balaban J connectivity index is 1.22. The molecule has 6 nitrogen and oxygen atoms in total. The lowest BCUT2D eigenvalue weighted by Crippen LogP contribution is -2.44. The molecule has 2 aliphatic rings. The molecule has 0 unspecified atom stereocenters. The Hall–Kier alpha value is -2.03. The van der Waals surface area contributed by atoms with E-state index in [1.807, 2.05) is 12.1 Å². The predicted molar refractivity (Wildman–Crippen MR) is 138 cm³/mol. The standard InChI is InChI=1S/C24H21Cl3N6S/c25-15-6-3-7-16(17(15)26)34-22-19(27)29-20-21(30-22)32-23(31-20)33-10-8-24(9-11-33)12-13-4-1-2-5-14(13)18(24)28/h1-7,18H,8-12,28H2,(H,29,30,31,32)/t18-/m1/s1. The molecule has 0 saturated carbocycles. The number of hydrogen-bond donors (Lipinski definition) is 2. The lowest BCUT2D eigenvalue weighted by atomic mass is 9.73. The number of halogens is 3. The number of aromatic amines is 1. The number of piperidine rings is 1. The maximum atomic E-state index is 6.72. The summed E-state index contributed by atoms with van der Waals surface area (Å²) in [6.45, 7) is 1.74. The van der Waals surface area contributed by atoms with E-state index in [0.29, 0.717) is 26.4 Å². The molecule has 1 atom stereocenters. The van der Waals surface area contributed by atoms with Gasteiger partial charge in [0.2, 0.25) is 5.95 Å². The van der Waals surface area contributed by atoms with Gasteiger partial charge in [0, 0.05) is 24.0 Å². The highest BCUT2D eigenvalue weighted by Gasteiger charge is 2.46. The van der Waals surface area contributed by atoms with Gasteiger partial charge >= 0.3 is 0 Å². The average Bonchev–Trinajstić information content (AvgIpc) is 3.36. The Kier molecular flexibility index (Phi) is 5.66. The smallest absolute Gasteiger partial charge is 0.206 e. The van der Waals surface area contributed by atoms with Crippen molar-refractivity contribution in [2.45, 2.75) is 35.2 Å². The van der Waals surface area contributed by atoms with Crippen LogP contribution >= 0.6 is 46.6 Å². The van der Waals surface area contributed by atoms with Gasteiger partial charge in [0.05, 0.1) is 10.0 Å². The second-order valence-electron chi connectivity index (χ2n) is 8.91. The Bertz CT molecular complexity index is 1400. The zero-order valence-electron chi connectivity index (χ0n) is 18.1. The zero-order valence-corrected chi connectivity index (χ0v) is 21.1. The van der Waals surface area contributed by atoms with E-state index in [2.05, 4.69) is 44.1 Å². The highest BCUT2D eigenvalue weighted by atomic mass is 35.5. The molecule has 6 rings (SSSR count). The third-order valence-electron chi connectivity index (χ3n) is 7.02. The van der Waals surface area contributed by atoms with Crippen LogP contribution in [0.1, 0.15) is 30.0 Å². The molecule has 1 aliphatic heterocycles. The lowest BCUT2D eigenvalue weighted by Gasteiger charge is -2.42. The quantitative estimate of drug-likeness (QED) is 0.322. The van der Waals surface area contributed by atoms with Crippen LogP contribution in [0.4, 0.5) is 5.95 Å². The van der Waals surface area contributed by atoms with Crippen LogP contribution < -0.4 is 10.6 Å². The number of imidazole rings is 1. The van der Waals surface area contributed by atoms with Crippen molar-refractivity contribution in [3.63, 3.8) is 0 Å². The number of rotatable bonds is 3. The molecule has 0 amide bonds. The van der Waals surface area contributed by atoms with E-state index in [0.717, 1.165) is 43.2 Å². The van der Waals surface area contributed by atoms with E-state index in [9.17, 15) is 0 Å². The molecule has 174 valence electrons. The fourth-order valence-electron chi connectivity index (χ4n) is 5.14. The molecule has 10 heteroatoms. The maximum absolute atomic E-state index is 6.72. The molecule has 4 aromatic rings. The molecule has 2 aromatic heterocycles. The average molecular weight is 532 g/mol. The van der Waals surface area contributed by atoms with Crippen LogP contribution in [-0.4, -0.2) is 33.0 Å². The van der Waals surface area contributed by atoms with Crippen LogP contribution in [0.2, 0.25) is 15.2 Å². The molecule has 1 saturated heterocycles. The number of aromatic nitrogens is 4. The fourth-order valence-corrected chi connectivity index (χ4v) is 6.67. The lowest BCUT2D eigenvalue weighted by molar-refractivity contribution is 0.187. The highest BCUT2D eigenvalue weighted by molar-refractivity contribution is 7.99. The fraction of sp³-hybridized carbons (Fsp3) is 0.292. The van der Waals surface area contributed by atoms with E-state index in [1.165, 1.54) is 22.9 Å². The topological polar surface area (TPSA) is 83.7 Å². The minimum absolute atomic E-state index is 0.0848. The van der Waals surface area contributed by atoms with Crippen molar-refractivity contribution < 1.29 is 0 Å². The van der Waals surface area contributed by atoms with Crippen molar-refractivity contribution in [3.8, 4) is 0 Å². The van der Waals surface area contributed by atoms with E-state index in [1.54, 1.807) is 6.07 Å². The van der Waals surface area contributed by atoms with Gasteiger partial charge in [-0.05, 0) is 47.9 Å². The SMILES string of the molecule is N[C@@H]1c2ccccc2CC12CCN(c1nc3nc(Sc4cccc(Cl)c4Cl)c(Cl)nc3[nH]1)CC2. The number of H-pyrrole nitrogens is 1. The molecule has 1 fully saturated rings. The van der Waals surface area contributed by atoms with Gasteiger partial charge in [-0.15, -0.1) is 0 Å². The van der Waals surface area contributed by atoms with Crippen molar-refractivity contribution in [1.29, 1.82) is 0 Å². The zero-order chi connectivity index (χ0) is 23.4. The van der Waals surface area contributed by atoms with E-state index >= 15 is 0 Å². The van der Waals surface area contributed by atoms with Crippen LogP contribution in [-0.2, 0) is 6.42 Å². The van der Waals surface area contributed by atoms with Crippen LogP contribution in [0.15, 0.2) is 52.4 Å². The van der Waals surface area contributed by atoms with Gasteiger partial charge < -0.3 is 15.6 Å². The van der Waals surface area contributed by atoms with E-state index in [-0.39, 0.29) is 16.6 Å². The van der Waals surface area contributed by atoms with Crippen LogP contribution in [0.25, 0.3) is 11.3 Å². The molecule has 34 heavy (non-hydrogen) atoms. The first-order valence-corrected chi connectivity index (χ1v) is 13.0. The molecule has 1 spiro atoms. The van der Waals surface area contributed by atoms with Gasteiger partial charge in [0.1, 0.15) is 5.03 Å². The minimum Gasteiger partial charge on any atom is -0.342 e. The second-order valence-corrected chi connectivity index (χ2v) is 11.1. The first-order valence-electron chi connectivity index (χ1n) is 11.1. The first-order chi connectivity index (χ1) is 16.4. The molecular formula is C24H21Cl3N6S. The number of fused-ring (bicyclic) bond motifs is 2.